The summed E-state index contributed by atoms with van der Waals surface area (Å²) in [4.78, 5) is 0. The van der Waals surface area contributed by atoms with Crippen molar-refractivity contribution in [3.05, 3.63) is 63.1 Å². The van der Waals surface area contributed by atoms with Crippen LogP contribution in [0.15, 0.2) is 46.9 Å². The largest absolute Gasteiger partial charge is 0.387 e. The Morgan fingerprint density at radius 1 is 1.26 bits per heavy atom. The van der Waals surface area contributed by atoms with Crippen molar-refractivity contribution in [2.75, 3.05) is 11.9 Å². The Morgan fingerprint density at radius 2 is 2.00 bits per heavy atom. The van der Waals surface area contributed by atoms with Crippen molar-refractivity contribution < 1.29 is 5.11 Å². The number of benzene rings is 2. The van der Waals surface area contributed by atoms with E-state index in [0.717, 1.165) is 15.7 Å². The molecular formula is C15H15BrClNO. The van der Waals surface area contributed by atoms with Gasteiger partial charge in [-0.25, -0.2) is 0 Å². The summed E-state index contributed by atoms with van der Waals surface area (Å²) < 4.78 is 0.985. The summed E-state index contributed by atoms with van der Waals surface area (Å²) in [5.74, 6) is 0. The molecule has 0 spiro atoms. The standard InChI is InChI=1S/C15H15BrClNO/c1-10-6-7-14(12(16)8-10)18-9-15(19)11-4-2-3-5-13(11)17/h2-8,15,18-19H,9H2,1H3. The Bertz CT molecular complexity index is 574. The van der Waals surface area contributed by atoms with Gasteiger partial charge in [0.2, 0.25) is 0 Å². The van der Waals surface area contributed by atoms with Crippen molar-refractivity contribution in [3.63, 3.8) is 0 Å². The molecule has 2 N–H and O–H groups in total. The van der Waals surface area contributed by atoms with E-state index in [0.29, 0.717) is 11.6 Å². The Balaban J connectivity index is 2.04. The SMILES string of the molecule is Cc1ccc(NCC(O)c2ccccc2Cl)c(Br)c1. The van der Waals surface area contributed by atoms with E-state index in [9.17, 15) is 5.11 Å². The molecular weight excluding hydrogens is 326 g/mol. The molecule has 4 heteroatoms. The van der Waals surface area contributed by atoms with Crippen LogP contribution in [0, 0.1) is 6.92 Å². The van der Waals surface area contributed by atoms with Crippen LogP contribution < -0.4 is 5.32 Å². The number of nitrogens with one attached hydrogen (secondary N) is 1. The Hall–Kier alpha value is -1.03. The predicted molar refractivity (Wildman–Crippen MR) is 83.8 cm³/mol. The number of rotatable bonds is 4. The Morgan fingerprint density at radius 3 is 2.68 bits per heavy atom. The van der Waals surface area contributed by atoms with E-state index < -0.39 is 6.10 Å². The van der Waals surface area contributed by atoms with Crippen LogP contribution >= 0.6 is 27.5 Å². The third-order valence-electron chi connectivity index (χ3n) is 2.87. The first kappa shape index (κ1) is 14.4. The zero-order chi connectivity index (χ0) is 13.8. The highest BCUT2D eigenvalue weighted by molar-refractivity contribution is 9.10. The number of aliphatic hydroxyl groups excluding tert-OH is 1. The molecule has 1 unspecified atom stereocenters. The first-order valence-electron chi connectivity index (χ1n) is 6.00. The second-order valence-electron chi connectivity index (χ2n) is 4.40. The van der Waals surface area contributed by atoms with Gasteiger partial charge in [0.1, 0.15) is 0 Å². The van der Waals surface area contributed by atoms with Gasteiger partial charge in [-0.15, -0.1) is 0 Å². The Kier molecular flexibility index (Phi) is 4.86. The van der Waals surface area contributed by atoms with Crippen molar-refractivity contribution in [1.82, 2.24) is 0 Å². The molecule has 0 aliphatic rings. The van der Waals surface area contributed by atoms with E-state index in [1.54, 1.807) is 6.07 Å². The quantitative estimate of drug-likeness (QED) is 0.855. The molecule has 0 heterocycles. The van der Waals surface area contributed by atoms with Crippen LogP contribution in [0.1, 0.15) is 17.2 Å². The van der Waals surface area contributed by atoms with Crippen LogP contribution in [-0.2, 0) is 0 Å². The highest BCUT2D eigenvalue weighted by atomic mass is 79.9. The molecule has 0 bridgehead atoms. The molecule has 0 radical (unpaired) electrons. The summed E-state index contributed by atoms with van der Waals surface area (Å²) >= 11 is 9.55. The average molecular weight is 341 g/mol. The van der Waals surface area contributed by atoms with Crippen molar-refractivity contribution in [1.29, 1.82) is 0 Å². The molecule has 0 aliphatic heterocycles. The summed E-state index contributed by atoms with van der Waals surface area (Å²) in [5, 5.41) is 13.9. The van der Waals surface area contributed by atoms with Crippen molar-refractivity contribution in [2.45, 2.75) is 13.0 Å². The number of halogens is 2. The summed E-state index contributed by atoms with van der Waals surface area (Å²) in [6, 6.07) is 13.4. The van der Waals surface area contributed by atoms with Crippen LogP contribution in [0.25, 0.3) is 0 Å². The molecule has 19 heavy (non-hydrogen) atoms. The summed E-state index contributed by atoms with van der Waals surface area (Å²) in [7, 11) is 0. The average Bonchev–Trinajstić information content (AvgIpc) is 2.38. The van der Waals surface area contributed by atoms with E-state index in [4.69, 9.17) is 11.6 Å². The minimum Gasteiger partial charge on any atom is -0.387 e. The second kappa shape index (κ2) is 6.42. The fourth-order valence-electron chi connectivity index (χ4n) is 1.83. The minimum atomic E-state index is -0.637. The number of anilines is 1. The number of aryl methyl sites for hydroxylation is 1. The van der Waals surface area contributed by atoms with Crippen LogP contribution in [0.2, 0.25) is 5.02 Å². The maximum absolute atomic E-state index is 10.1. The fourth-order valence-corrected chi connectivity index (χ4v) is 2.72. The summed E-state index contributed by atoms with van der Waals surface area (Å²) in [6.45, 7) is 2.44. The molecule has 0 saturated carbocycles. The van der Waals surface area contributed by atoms with E-state index in [1.165, 1.54) is 5.56 Å². The third kappa shape index (κ3) is 3.72. The van der Waals surface area contributed by atoms with Gasteiger partial charge in [0.15, 0.2) is 0 Å². The molecule has 0 amide bonds. The zero-order valence-corrected chi connectivity index (χ0v) is 12.9. The summed E-state index contributed by atoms with van der Waals surface area (Å²) in [6.07, 6.45) is -0.637. The third-order valence-corrected chi connectivity index (χ3v) is 3.87. The summed E-state index contributed by atoms with van der Waals surface area (Å²) in [5.41, 5.74) is 2.88. The first-order chi connectivity index (χ1) is 9.08. The van der Waals surface area contributed by atoms with Gasteiger partial charge in [0.25, 0.3) is 0 Å². The van der Waals surface area contributed by atoms with Crippen LogP contribution in [0.3, 0.4) is 0 Å². The van der Waals surface area contributed by atoms with Crippen molar-refractivity contribution >= 4 is 33.2 Å². The fraction of sp³-hybridized carbons (Fsp3) is 0.200. The van der Waals surface area contributed by atoms with Crippen LogP contribution in [0.5, 0.6) is 0 Å². The lowest BCUT2D eigenvalue weighted by Crippen LogP contribution is -2.12. The lowest BCUT2D eigenvalue weighted by molar-refractivity contribution is 0.191. The van der Waals surface area contributed by atoms with E-state index in [-0.39, 0.29) is 0 Å². The first-order valence-corrected chi connectivity index (χ1v) is 7.17. The molecule has 2 nitrogen and oxygen atoms in total. The Labute approximate surface area is 126 Å². The lowest BCUT2D eigenvalue weighted by Gasteiger charge is -2.15. The van der Waals surface area contributed by atoms with Crippen LogP contribution in [-0.4, -0.2) is 11.7 Å². The van der Waals surface area contributed by atoms with Gasteiger partial charge < -0.3 is 10.4 Å². The maximum Gasteiger partial charge on any atom is 0.0976 e. The van der Waals surface area contributed by atoms with Crippen molar-refractivity contribution in [2.24, 2.45) is 0 Å². The predicted octanol–water partition coefficient (Wildman–Crippen LogP) is 4.56. The lowest BCUT2D eigenvalue weighted by atomic mass is 10.1. The van der Waals surface area contributed by atoms with E-state index in [2.05, 4.69) is 21.2 Å². The number of hydrogen-bond acceptors (Lipinski definition) is 2. The highest BCUT2D eigenvalue weighted by Gasteiger charge is 2.11. The monoisotopic (exact) mass is 339 g/mol. The maximum atomic E-state index is 10.1. The van der Waals surface area contributed by atoms with E-state index >= 15 is 0 Å². The molecule has 0 aromatic heterocycles. The zero-order valence-electron chi connectivity index (χ0n) is 10.5. The molecule has 2 aromatic carbocycles. The van der Waals surface area contributed by atoms with Gasteiger partial charge in [-0.2, -0.15) is 0 Å². The van der Waals surface area contributed by atoms with Gasteiger partial charge in [0, 0.05) is 27.3 Å². The number of aliphatic hydroxyl groups is 1. The molecule has 2 rings (SSSR count). The highest BCUT2D eigenvalue weighted by Crippen LogP contribution is 2.26. The molecule has 2 aromatic rings. The van der Waals surface area contributed by atoms with Crippen molar-refractivity contribution in [3.8, 4) is 0 Å². The van der Waals surface area contributed by atoms with Gasteiger partial charge in [-0.1, -0.05) is 35.9 Å². The molecule has 0 fully saturated rings. The number of hydrogen-bond donors (Lipinski definition) is 2. The molecule has 1 atom stereocenters. The molecule has 0 aliphatic carbocycles. The molecule has 100 valence electrons. The normalized spacial score (nSPS) is 12.2. The molecule has 0 saturated heterocycles. The minimum absolute atomic E-state index is 0.408. The van der Waals surface area contributed by atoms with Crippen LogP contribution in [0.4, 0.5) is 5.69 Å². The van der Waals surface area contributed by atoms with Gasteiger partial charge in [-0.3, -0.25) is 0 Å². The van der Waals surface area contributed by atoms with Gasteiger partial charge in [-0.05, 0) is 46.6 Å². The van der Waals surface area contributed by atoms with Gasteiger partial charge >= 0.3 is 0 Å². The smallest absolute Gasteiger partial charge is 0.0976 e. The second-order valence-corrected chi connectivity index (χ2v) is 5.66. The van der Waals surface area contributed by atoms with E-state index in [1.807, 2.05) is 43.3 Å². The van der Waals surface area contributed by atoms with Gasteiger partial charge in [0.05, 0.1) is 6.10 Å². The topological polar surface area (TPSA) is 32.3 Å².